The minimum absolute atomic E-state index is 0.0911. The second-order valence-electron chi connectivity index (χ2n) is 7.03. The molecule has 2 fully saturated rings. The van der Waals surface area contributed by atoms with Crippen LogP contribution >= 0.6 is 0 Å². The number of fused-ring (bicyclic) bond motifs is 2. The highest BCUT2D eigenvalue weighted by molar-refractivity contribution is 5.86. The third kappa shape index (κ3) is 2.44. The Morgan fingerprint density at radius 1 is 1.21 bits per heavy atom. The van der Waals surface area contributed by atoms with Gasteiger partial charge in [-0.05, 0) is 42.8 Å². The number of H-pyrrole nitrogens is 1. The zero-order chi connectivity index (χ0) is 16.6. The summed E-state index contributed by atoms with van der Waals surface area (Å²) in [7, 11) is 0. The van der Waals surface area contributed by atoms with Crippen molar-refractivity contribution in [2.24, 2.45) is 5.41 Å². The van der Waals surface area contributed by atoms with E-state index in [-0.39, 0.29) is 16.9 Å². The van der Waals surface area contributed by atoms with Crippen molar-refractivity contribution in [2.75, 3.05) is 6.54 Å². The molecule has 0 unspecified atom stereocenters. The van der Waals surface area contributed by atoms with E-state index in [2.05, 4.69) is 15.6 Å². The Hall–Kier alpha value is -2.14. The van der Waals surface area contributed by atoms with Crippen molar-refractivity contribution < 1.29 is 4.79 Å². The molecule has 1 aromatic heterocycles. The summed E-state index contributed by atoms with van der Waals surface area (Å²) < 4.78 is 0. The third-order valence-electron chi connectivity index (χ3n) is 5.78. The molecule has 5 heteroatoms. The molecule has 1 aliphatic heterocycles. The van der Waals surface area contributed by atoms with Gasteiger partial charge < -0.3 is 15.6 Å². The van der Waals surface area contributed by atoms with Gasteiger partial charge in [-0.25, -0.2) is 0 Å². The maximum atomic E-state index is 13.0. The fourth-order valence-corrected chi connectivity index (χ4v) is 4.46. The summed E-state index contributed by atoms with van der Waals surface area (Å²) in [5.74, 6) is 0.160. The van der Waals surface area contributed by atoms with Crippen molar-refractivity contribution in [1.82, 2.24) is 15.6 Å². The van der Waals surface area contributed by atoms with Crippen LogP contribution in [0, 0.1) is 5.41 Å². The number of rotatable bonds is 3. The van der Waals surface area contributed by atoms with Gasteiger partial charge >= 0.3 is 0 Å². The van der Waals surface area contributed by atoms with E-state index in [0.29, 0.717) is 18.0 Å². The first-order chi connectivity index (χ1) is 11.7. The Kier molecular flexibility index (Phi) is 3.88. The van der Waals surface area contributed by atoms with Crippen LogP contribution in [0.25, 0.3) is 10.8 Å². The molecule has 2 heterocycles. The summed E-state index contributed by atoms with van der Waals surface area (Å²) in [4.78, 5) is 27.6. The largest absolute Gasteiger partial charge is 0.351 e. The lowest BCUT2D eigenvalue weighted by Crippen LogP contribution is -2.50. The predicted molar refractivity (Wildman–Crippen MR) is 93.7 cm³/mol. The van der Waals surface area contributed by atoms with Crippen molar-refractivity contribution in [1.29, 1.82) is 0 Å². The van der Waals surface area contributed by atoms with Crippen molar-refractivity contribution in [3.8, 4) is 0 Å². The minimum atomic E-state index is -0.240. The van der Waals surface area contributed by atoms with Crippen molar-refractivity contribution in [3.05, 3.63) is 46.4 Å². The van der Waals surface area contributed by atoms with E-state index in [1.54, 1.807) is 6.20 Å². The number of carbonyl (C=O) groups is 1. The van der Waals surface area contributed by atoms with Gasteiger partial charge in [0.2, 0.25) is 5.91 Å². The van der Waals surface area contributed by atoms with Crippen molar-refractivity contribution in [2.45, 2.75) is 44.7 Å². The smallest absolute Gasteiger partial charge is 0.255 e. The quantitative estimate of drug-likeness (QED) is 0.809. The van der Waals surface area contributed by atoms with E-state index < -0.39 is 0 Å². The monoisotopic (exact) mass is 325 g/mol. The van der Waals surface area contributed by atoms with E-state index >= 15 is 0 Å². The minimum Gasteiger partial charge on any atom is -0.351 e. The fraction of sp³-hybridized carbons (Fsp3) is 0.474. The molecule has 3 N–H and O–H groups in total. The second kappa shape index (κ2) is 6.06. The summed E-state index contributed by atoms with van der Waals surface area (Å²) >= 11 is 0. The molecule has 126 valence electrons. The lowest BCUT2D eigenvalue weighted by atomic mass is 9.70. The number of hydrogen-bond acceptors (Lipinski definition) is 3. The Labute approximate surface area is 140 Å². The van der Waals surface area contributed by atoms with Gasteiger partial charge in [0.15, 0.2) is 0 Å². The molecule has 24 heavy (non-hydrogen) atoms. The summed E-state index contributed by atoms with van der Waals surface area (Å²) in [6, 6.07) is 7.85. The molecule has 1 saturated heterocycles. The van der Waals surface area contributed by atoms with Crippen LogP contribution in [0.5, 0.6) is 0 Å². The molecule has 0 bridgehead atoms. The second-order valence-corrected chi connectivity index (χ2v) is 7.03. The van der Waals surface area contributed by atoms with Crippen LogP contribution in [-0.4, -0.2) is 23.5 Å². The molecule has 1 saturated carbocycles. The number of aromatic amines is 1. The van der Waals surface area contributed by atoms with Crippen LogP contribution in [0.2, 0.25) is 0 Å². The molecule has 4 rings (SSSR count). The number of aromatic nitrogens is 1. The average molecular weight is 325 g/mol. The molecule has 2 aliphatic rings. The van der Waals surface area contributed by atoms with Crippen LogP contribution in [-0.2, 0) is 11.3 Å². The Morgan fingerprint density at radius 3 is 2.92 bits per heavy atom. The lowest BCUT2D eigenvalue weighted by molar-refractivity contribution is -0.133. The molecule has 1 amide bonds. The first-order valence-corrected chi connectivity index (χ1v) is 8.82. The Bertz CT molecular complexity index is 829. The molecule has 2 aromatic rings. The molecular formula is C19H23N3O2. The van der Waals surface area contributed by atoms with Crippen LogP contribution in [0.4, 0.5) is 0 Å². The number of benzene rings is 1. The topological polar surface area (TPSA) is 74.0 Å². The average Bonchev–Trinajstić information content (AvgIpc) is 3.06. The SMILES string of the molecule is O=C(NCc1c[nH]c(=O)c2ccccc12)[C@@]12CCCC[C@@H]1NCC2. The number of amides is 1. The van der Waals surface area contributed by atoms with E-state index in [9.17, 15) is 9.59 Å². The normalized spacial score (nSPS) is 26.2. The molecule has 1 aromatic carbocycles. The van der Waals surface area contributed by atoms with E-state index in [0.717, 1.165) is 43.2 Å². The summed E-state index contributed by atoms with van der Waals surface area (Å²) in [6.07, 6.45) is 7.05. The highest BCUT2D eigenvalue weighted by atomic mass is 16.2. The van der Waals surface area contributed by atoms with Gasteiger partial charge in [-0.15, -0.1) is 0 Å². The van der Waals surface area contributed by atoms with Gasteiger partial charge in [0.25, 0.3) is 5.56 Å². The van der Waals surface area contributed by atoms with E-state index in [1.165, 1.54) is 6.42 Å². The van der Waals surface area contributed by atoms with Gasteiger partial charge in [0.1, 0.15) is 0 Å². The molecule has 0 spiro atoms. The van der Waals surface area contributed by atoms with Crippen molar-refractivity contribution >= 4 is 16.7 Å². The third-order valence-corrected chi connectivity index (χ3v) is 5.78. The van der Waals surface area contributed by atoms with Gasteiger partial charge in [0.05, 0.1) is 5.41 Å². The summed E-state index contributed by atoms with van der Waals surface area (Å²) in [5.41, 5.74) is 0.621. The maximum absolute atomic E-state index is 13.0. The van der Waals surface area contributed by atoms with Crippen LogP contribution in [0.15, 0.2) is 35.3 Å². The zero-order valence-electron chi connectivity index (χ0n) is 13.7. The number of hydrogen-bond donors (Lipinski definition) is 3. The highest BCUT2D eigenvalue weighted by Crippen LogP contribution is 2.42. The Balaban J connectivity index is 1.56. The highest BCUT2D eigenvalue weighted by Gasteiger charge is 2.49. The van der Waals surface area contributed by atoms with Crippen molar-refractivity contribution in [3.63, 3.8) is 0 Å². The first kappa shape index (κ1) is 15.4. The fourth-order valence-electron chi connectivity index (χ4n) is 4.46. The molecule has 2 atom stereocenters. The van der Waals surface area contributed by atoms with Gasteiger partial charge in [0, 0.05) is 24.2 Å². The number of pyridine rings is 1. The van der Waals surface area contributed by atoms with Gasteiger partial charge in [-0.2, -0.15) is 0 Å². The van der Waals surface area contributed by atoms with Crippen LogP contribution in [0.3, 0.4) is 0 Å². The number of nitrogens with one attached hydrogen (secondary N) is 3. The summed E-state index contributed by atoms with van der Waals surface area (Å²) in [6.45, 7) is 1.38. The van der Waals surface area contributed by atoms with Crippen LogP contribution in [0.1, 0.15) is 37.7 Å². The standard InChI is InChI=1S/C19H23N3O2/c23-17-15-6-2-1-5-14(15)13(11-21-17)12-22-18(24)19-8-4-3-7-16(19)20-10-9-19/h1-2,5-6,11,16,20H,3-4,7-10,12H2,(H,21,23)(H,22,24)/t16-,19+/m0/s1. The maximum Gasteiger partial charge on any atom is 0.255 e. The van der Waals surface area contributed by atoms with Gasteiger partial charge in [-0.3, -0.25) is 9.59 Å². The molecular weight excluding hydrogens is 302 g/mol. The molecule has 0 radical (unpaired) electrons. The van der Waals surface area contributed by atoms with E-state index in [4.69, 9.17) is 0 Å². The molecule has 1 aliphatic carbocycles. The van der Waals surface area contributed by atoms with Crippen LogP contribution < -0.4 is 16.2 Å². The zero-order valence-corrected chi connectivity index (χ0v) is 13.7. The lowest BCUT2D eigenvalue weighted by Gasteiger charge is -2.37. The first-order valence-electron chi connectivity index (χ1n) is 8.82. The Morgan fingerprint density at radius 2 is 2.04 bits per heavy atom. The van der Waals surface area contributed by atoms with E-state index in [1.807, 2.05) is 24.3 Å². The predicted octanol–water partition coefficient (Wildman–Crippen LogP) is 2.07. The molecule has 5 nitrogen and oxygen atoms in total. The van der Waals surface area contributed by atoms with Gasteiger partial charge in [-0.1, -0.05) is 31.0 Å². The summed E-state index contributed by atoms with van der Waals surface area (Å²) in [5, 5.41) is 8.22. The number of carbonyl (C=O) groups excluding carboxylic acids is 1.